The fourth-order valence-corrected chi connectivity index (χ4v) is 11.3. The highest BCUT2D eigenvalue weighted by Crippen LogP contribution is 2.48. The molecule has 5 saturated heterocycles. The smallest absolute Gasteiger partial charge is 0.316 e. The van der Waals surface area contributed by atoms with E-state index in [0.717, 1.165) is 17.6 Å². The quantitative estimate of drug-likeness (QED) is 0.202. The summed E-state index contributed by atoms with van der Waals surface area (Å²) in [5.41, 5.74) is 0.516. The van der Waals surface area contributed by atoms with Crippen molar-refractivity contribution < 1.29 is 72.2 Å². The van der Waals surface area contributed by atoms with Crippen molar-refractivity contribution in [2.75, 3.05) is 27.9 Å². The molecule has 7 rings (SSSR count). The SMILES string of the molecule is CCC(C)[C@H]1OC2(C[C@@H]3C[C@@H](C/C=C(\C)[C@@H](O[C@H]4C[C@H](OC)[C@@H](O[C@H]5C[C@H](OC)[C@@H](O)[C@H](C)O5)[C@H](C)O4)[C@@H](C)/C=C/C=C4\CO[C@@H]5[C@H](OC)C(C)=C[C@@H](C(=O)O3)[C@]45O)O2)C[C@H](O)[C@@H]1C. The average molecular weight is 905 g/mol. The summed E-state index contributed by atoms with van der Waals surface area (Å²) in [5, 5.41) is 34.8. The highest BCUT2D eigenvalue weighted by molar-refractivity contribution is 5.78. The number of esters is 1. The number of methoxy groups -OCH3 is 3. The van der Waals surface area contributed by atoms with Crippen molar-refractivity contribution in [1.82, 2.24) is 0 Å². The predicted molar refractivity (Wildman–Crippen MR) is 234 cm³/mol. The molecule has 64 heavy (non-hydrogen) atoms. The molecule has 6 heterocycles. The second kappa shape index (κ2) is 20.6. The molecule has 3 N–H and O–H groups in total. The maximum absolute atomic E-state index is 14.5. The Hall–Kier alpha value is -2.09. The number of hydrogen-bond acceptors (Lipinski definition) is 15. The minimum Gasteiger partial charge on any atom is -0.462 e. The molecule has 2 unspecified atom stereocenters. The van der Waals surface area contributed by atoms with E-state index in [9.17, 15) is 20.1 Å². The standard InChI is InChI=1S/C49H76O15/c1-12-25(2)43-29(6)36(50)23-48(64-43)22-34-19-33(63-48)17-16-27(4)42(61-40-21-38(55-10)45(31(8)59-40)62-39-20-37(54-9)41(51)30(7)58-39)26(3)14-13-15-32-24-57-46-44(56-11)28(5)18-35(47(52)60-34)49(32,46)53/h13-16,18,25-26,29-31,33-46,50-51,53H,12,17,19-24H2,1-11H3/b14-13+,27-16+,32-15+/t25?,26-,29-,30-,31-,33+,34-,35-,36-,37-,38-,39-,40-,41-,42-,43+,44+,45-,46+,48?,49+/m0/s1. The van der Waals surface area contributed by atoms with E-state index in [1.807, 2.05) is 45.9 Å². The molecule has 0 aromatic heterocycles. The summed E-state index contributed by atoms with van der Waals surface area (Å²) in [5.74, 6) is -2.98. The lowest BCUT2D eigenvalue weighted by molar-refractivity contribution is -0.354. The number of hydrogen-bond donors (Lipinski definition) is 3. The van der Waals surface area contributed by atoms with E-state index in [1.165, 1.54) is 0 Å². The summed E-state index contributed by atoms with van der Waals surface area (Å²) in [4.78, 5) is 14.5. The Labute approximate surface area is 379 Å². The van der Waals surface area contributed by atoms with E-state index in [2.05, 4.69) is 26.8 Å². The number of carbonyl (C=O) groups excluding carboxylic acids is 1. The van der Waals surface area contributed by atoms with E-state index in [1.54, 1.807) is 34.3 Å². The van der Waals surface area contributed by atoms with Gasteiger partial charge in [-0.15, -0.1) is 0 Å². The zero-order valence-electron chi connectivity index (χ0n) is 39.8. The molecule has 15 heteroatoms. The van der Waals surface area contributed by atoms with Gasteiger partial charge in [-0.25, -0.2) is 0 Å². The lowest BCUT2D eigenvalue weighted by Gasteiger charge is -2.52. The minimum atomic E-state index is -1.74. The number of fused-ring (bicyclic) bond motifs is 2. The molecule has 362 valence electrons. The zero-order valence-corrected chi connectivity index (χ0v) is 39.8. The molecule has 0 aromatic rings. The Morgan fingerprint density at radius 2 is 1.56 bits per heavy atom. The third kappa shape index (κ3) is 10.0. The Kier molecular flexibility index (Phi) is 16.1. The fourth-order valence-electron chi connectivity index (χ4n) is 11.3. The largest absolute Gasteiger partial charge is 0.462 e. The van der Waals surface area contributed by atoms with Crippen LogP contribution in [0.2, 0.25) is 0 Å². The summed E-state index contributed by atoms with van der Waals surface area (Å²) in [6.45, 7) is 16.1. The summed E-state index contributed by atoms with van der Waals surface area (Å²) in [6.07, 6.45) is 4.40. The van der Waals surface area contributed by atoms with Gasteiger partial charge >= 0.3 is 5.97 Å². The summed E-state index contributed by atoms with van der Waals surface area (Å²) in [6, 6.07) is 0. The van der Waals surface area contributed by atoms with Gasteiger partial charge in [0.25, 0.3) is 0 Å². The highest BCUT2D eigenvalue weighted by atomic mass is 16.7. The van der Waals surface area contributed by atoms with Gasteiger partial charge in [-0.3, -0.25) is 4.79 Å². The van der Waals surface area contributed by atoms with Crippen molar-refractivity contribution in [3.8, 4) is 0 Å². The molecule has 0 saturated carbocycles. The first-order valence-corrected chi connectivity index (χ1v) is 23.6. The van der Waals surface area contributed by atoms with Crippen molar-refractivity contribution in [1.29, 1.82) is 0 Å². The van der Waals surface area contributed by atoms with Crippen molar-refractivity contribution in [2.24, 2.45) is 23.7 Å². The van der Waals surface area contributed by atoms with Crippen LogP contribution in [0.5, 0.6) is 0 Å². The molecular formula is C49H76O15. The van der Waals surface area contributed by atoms with Gasteiger partial charge in [0.15, 0.2) is 18.4 Å². The maximum atomic E-state index is 14.5. The van der Waals surface area contributed by atoms with Crippen LogP contribution in [-0.4, -0.2) is 153 Å². The lowest BCUT2D eigenvalue weighted by Crippen LogP contribution is -2.60. The van der Waals surface area contributed by atoms with Crippen LogP contribution in [0.25, 0.3) is 0 Å². The van der Waals surface area contributed by atoms with Crippen molar-refractivity contribution in [2.45, 2.75) is 204 Å². The maximum Gasteiger partial charge on any atom is 0.316 e. The van der Waals surface area contributed by atoms with Crippen molar-refractivity contribution in [3.63, 3.8) is 0 Å². The van der Waals surface area contributed by atoms with E-state index in [4.69, 9.17) is 52.1 Å². The zero-order chi connectivity index (χ0) is 46.2. The summed E-state index contributed by atoms with van der Waals surface area (Å²) >= 11 is 0. The molecular weight excluding hydrogens is 829 g/mol. The number of aliphatic hydroxyl groups is 3. The molecule has 15 nitrogen and oxygen atoms in total. The van der Waals surface area contributed by atoms with Crippen LogP contribution < -0.4 is 0 Å². The average Bonchev–Trinajstić information content (AvgIpc) is 3.59. The molecule has 7 aliphatic rings. The number of rotatable bonds is 9. The molecule has 21 atom stereocenters. The minimum absolute atomic E-state index is 0.0971. The number of allylic oxidation sites excluding steroid dienone is 2. The Balaban J connectivity index is 1.20. The Morgan fingerprint density at radius 1 is 0.859 bits per heavy atom. The van der Waals surface area contributed by atoms with Gasteiger partial charge in [0.05, 0.1) is 55.4 Å². The van der Waals surface area contributed by atoms with Gasteiger partial charge in [0, 0.05) is 65.3 Å². The third-order valence-corrected chi connectivity index (χ3v) is 15.3. The molecule has 1 spiro atoms. The van der Waals surface area contributed by atoms with E-state index in [-0.39, 0.29) is 49.4 Å². The van der Waals surface area contributed by atoms with Crippen molar-refractivity contribution >= 4 is 5.97 Å². The molecule has 6 aliphatic heterocycles. The summed E-state index contributed by atoms with van der Waals surface area (Å²) in [7, 11) is 4.79. The van der Waals surface area contributed by atoms with Gasteiger partial charge in [-0.05, 0) is 56.8 Å². The Morgan fingerprint density at radius 3 is 2.27 bits per heavy atom. The first kappa shape index (κ1) is 49.8. The summed E-state index contributed by atoms with van der Waals surface area (Å²) < 4.78 is 69.9. The van der Waals surface area contributed by atoms with Gasteiger partial charge < -0.3 is 67.4 Å². The fraction of sp³-hybridized carbons (Fsp3) is 0.816. The van der Waals surface area contributed by atoms with Crippen LogP contribution in [-0.2, 0) is 56.9 Å². The second-order valence-electron chi connectivity index (χ2n) is 19.7. The number of aliphatic hydroxyl groups excluding tert-OH is 2. The van der Waals surface area contributed by atoms with Crippen LogP contribution in [0.1, 0.15) is 100 Å². The van der Waals surface area contributed by atoms with Gasteiger partial charge in [0.2, 0.25) is 0 Å². The molecule has 2 bridgehead atoms. The van der Waals surface area contributed by atoms with Gasteiger partial charge in [-0.1, -0.05) is 64.5 Å². The van der Waals surface area contributed by atoms with Crippen LogP contribution in [0, 0.1) is 23.7 Å². The molecule has 0 amide bonds. The number of carbonyl (C=O) groups is 1. The van der Waals surface area contributed by atoms with Crippen LogP contribution in [0.3, 0.4) is 0 Å². The van der Waals surface area contributed by atoms with E-state index >= 15 is 0 Å². The first-order valence-electron chi connectivity index (χ1n) is 23.6. The first-order chi connectivity index (χ1) is 30.4. The van der Waals surface area contributed by atoms with Crippen LogP contribution in [0.4, 0.5) is 0 Å². The van der Waals surface area contributed by atoms with E-state index < -0.39 is 103 Å². The van der Waals surface area contributed by atoms with Crippen LogP contribution in [0.15, 0.2) is 47.1 Å². The molecule has 1 aliphatic carbocycles. The molecule has 0 aromatic carbocycles. The third-order valence-electron chi connectivity index (χ3n) is 15.3. The predicted octanol–water partition coefficient (Wildman–Crippen LogP) is 5.23. The van der Waals surface area contributed by atoms with Crippen LogP contribution >= 0.6 is 0 Å². The normalized spacial score (nSPS) is 49.4. The highest BCUT2D eigenvalue weighted by Gasteiger charge is 2.61. The lowest BCUT2D eigenvalue weighted by atomic mass is 9.70. The van der Waals surface area contributed by atoms with E-state index in [0.29, 0.717) is 31.3 Å². The number of ether oxygens (including phenoxy) is 11. The van der Waals surface area contributed by atoms with Crippen molar-refractivity contribution in [3.05, 3.63) is 47.1 Å². The molecule has 5 fully saturated rings. The topological polar surface area (TPSA) is 179 Å². The molecule has 0 radical (unpaired) electrons. The second-order valence-corrected chi connectivity index (χ2v) is 19.7. The van der Waals surface area contributed by atoms with Gasteiger partial charge in [-0.2, -0.15) is 0 Å². The van der Waals surface area contributed by atoms with Gasteiger partial charge in [0.1, 0.15) is 42.0 Å². The monoisotopic (exact) mass is 905 g/mol. The Bertz CT molecular complexity index is 1730.